The number of hydrogen-bond donors (Lipinski definition) is 3. The molecule has 0 unspecified atom stereocenters. The van der Waals surface area contributed by atoms with Crippen molar-refractivity contribution in [3.8, 4) is 0 Å². The van der Waals surface area contributed by atoms with Crippen molar-refractivity contribution in [1.29, 1.82) is 0 Å². The van der Waals surface area contributed by atoms with Gasteiger partial charge in [-0.3, -0.25) is 10.2 Å². The van der Waals surface area contributed by atoms with Gasteiger partial charge in [-0.1, -0.05) is 19.9 Å². The van der Waals surface area contributed by atoms with E-state index in [9.17, 15) is 13.2 Å². The Kier molecular flexibility index (Phi) is 5.46. The summed E-state index contributed by atoms with van der Waals surface area (Å²) in [7, 11) is -3.59. The average molecular weight is 285 g/mol. The smallest absolute Gasteiger partial charge is 0.265 e. The van der Waals surface area contributed by atoms with Crippen LogP contribution < -0.4 is 16.0 Å². The maximum atomic E-state index is 12.0. The summed E-state index contributed by atoms with van der Waals surface area (Å²) in [6.07, 6.45) is 0.752. The zero-order chi connectivity index (χ0) is 14.5. The molecule has 6 nitrogen and oxygen atoms in total. The minimum absolute atomic E-state index is 0.0531. The topological polar surface area (TPSA) is 101 Å². The molecule has 1 aromatic carbocycles. The minimum atomic E-state index is -3.59. The first-order valence-electron chi connectivity index (χ1n) is 5.97. The van der Waals surface area contributed by atoms with Gasteiger partial charge in [-0.25, -0.2) is 19.0 Å². The van der Waals surface area contributed by atoms with Gasteiger partial charge >= 0.3 is 0 Å². The van der Waals surface area contributed by atoms with Crippen molar-refractivity contribution in [2.45, 2.75) is 25.2 Å². The summed E-state index contributed by atoms with van der Waals surface area (Å²) in [6.45, 7) is 4.40. The molecule has 0 saturated carbocycles. The van der Waals surface area contributed by atoms with Crippen molar-refractivity contribution < 1.29 is 13.2 Å². The molecule has 0 fully saturated rings. The molecule has 1 amide bonds. The molecule has 0 heterocycles. The number of rotatable bonds is 6. The predicted molar refractivity (Wildman–Crippen MR) is 72.7 cm³/mol. The van der Waals surface area contributed by atoms with Crippen molar-refractivity contribution in [3.63, 3.8) is 0 Å². The Morgan fingerprint density at radius 2 is 2.05 bits per heavy atom. The minimum Gasteiger partial charge on any atom is -0.290 e. The third-order valence-electron chi connectivity index (χ3n) is 2.55. The molecule has 0 aliphatic heterocycles. The summed E-state index contributed by atoms with van der Waals surface area (Å²) in [5.74, 6) is 4.90. The van der Waals surface area contributed by atoms with E-state index in [1.54, 1.807) is 0 Å². The standard InChI is InChI=1S/C12H19N3O3S/c1-9(2)6-7-14-19(17,18)11-5-3-4-10(8-11)12(16)15-13/h3-5,8-9,14H,6-7,13H2,1-2H3,(H,15,16). The van der Waals surface area contributed by atoms with Crippen LogP contribution in [0.4, 0.5) is 0 Å². The highest BCUT2D eigenvalue weighted by molar-refractivity contribution is 7.89. The molecular formula is C12H19N3O3S. The van der Waals surface area contributed by atoms with E-state index in [0.29, 0.717) is 12.5 Å². The van der Waals surface area contributed by atoms with Crippen LogP contribution in [0, 0.1) is 5.92 Å². The Balaban J connectivity index is 2.86. The van der Waals surface area contributed by atoms with Crippen LogP contribution in [0.5, 0.6) is 0 Å². The quantitative estimate of drug-likeness (QED) is 0.405. The molecule has 106 valence electrons. The number of carbonyl (C=O) groups is 1. The van der Waals surface area contributed by atoms with Gasteiger partial charge in [0.05, 0.1) is 4.90 Å². The molecule has 0 atom stereocenters. The van der Waals surface area contributed by atoms with Crippen LogP contribution in [0.1, 0.15) is 30.6 Å². The monoisotopic (exact) mass is 285 g/mol. The Morgan fingerprint density at radius 3 is 2.63 bits per heavy atom. The van der Waals surface area contributed by atoms with Crippen molar-refractivity contribution in [2.75, 3.05) is 6.54 Å². The van der Waals surface area contributed by atoms with E-state index in [2.05, 4.69) is 4.72 Å². The fourth-order valence-corrected chi connectivity index (χ4v) is 2.55. The van der Waals surface area contributed by atoms with Gasteiger partial charge in [0.25, 0.3) is 5.91 Å². The molecule has 0 saturated heterocycles. The second kappa shape index (κ2) is 6.65. The molecule has 1 aromatic rings. The number of nitrogen functional groups attached to an aromatic ring is 1. The number of amides is 1. The molecule has 0 bridgehead atoms. The highest BCUT2D eigenvalue weighted by Gasteiger charge is 2.15. The number of nitrogens with one attached hydrogen (secondary N) is 2. The van der Waals surface area contributed by atoms with Crippen LogP contribution >= 0.6 is 0 Å². The van der Waals surface area contributed by atoms with Crippen LogP contribution in [0.2, 0.25) is 0 Å². The average Bonchev–Trinajstić information content (AvgIpc) is 2.37. The SMILES string of the molecule is CC(C)CCNS(=O)(=O)c1cccc(C(=O)NN)c1. The number of hydrazine groups is 1. The highest BCUT2D eigenvalue weighted by atomic mass is 32.2. The number of sulfonamides is 1. The maximum absolute atomic E-state index is 12.0. The van der Waals surface area contributed by atoms with Gasteiger partial charge in [0.15, 0.2) is 0 Å². The molecule has 0 spiro atoms. The van der Waals surface area contributed by atoms with E-state index in [1.807, 2.05) is 19.3 Å². The number of benzene rings is 1. The second-order valence-corrected chi connectivity index (χ2v) is 6.35. The molecular weight excluding hydrogens is 266 g/mol. The van der Waals surface area contributed by atoms with Crippen LogP contribution in [0.3, 0.4) is 0 Å². The lowest BCUT2D eigenvalue weighted by molar-refractivity contribution is 0.0953. The molecule has 0 radical (unpaired) electrons. The van der Waals surface area contributed by atoms with E-state index in [1.165, 1.54) is 24.3 Å². The van der Waals surface area contributed by atoms with Gasteiger partial charge in [-0.05, 0) is 30.5 Å². The Morgan fingerprint density at radius 1 is 1.37 bits per heavy atom. The first kappa shape index (κ1) is 15.6. The maximum Gasteiger partial charge on any atom is 0.265 e. The molecule has 7 heteroatoms. The fraction of sp³-hybridized carbons (Fsp3) is 0.417. The summed E-state index contributed by atoms with van der Waals surface area (Å²) in [6, 6.07) is 5.72. The number of carbonyl (C=O) groups excluding carboxylic acids is 1. The van der Waals surface area contributed by atoms with Gasteiger partial charge in [-0.15, -0.1) is 0 Å². The Hall–Kier alpha value is -1.44. The van der Waals surface area contributed by atoms with Gasteiger partial charge < -0.3 is 0 Å². The molecule has 0 aliphatic carbocycles. The normalized spacial score (nSPS) is 11.6. The summed E-state index contributed by atoms with van der Waals surface area (Å²) < 4.78 is 26.5. The van der Waals surface area contributed by atoms with E-state index >= 15 is 0 Å². The lowest BCUT2D eigenvalue weighted by atomic mass is 10.1. The lowest BCUT2D eigenvalue weighted by Gasteiger charge is -2.09. The van der Waals surface area contributed by atoms with Gasteiger partial charge in [-0.2, -0.15) is 0 Å². The van der Waals surface area contributed by atoms with Crippen molar-refractivity contribution in [2.24, 2.45) is 11.8 Å². The Labute approximate surface area is 113 Å². The zero-order valence-electron chi connectivity index (χ0n) is 11.0. The largest absolute Gasteiger partial charge is 0.290 e. The third-order valence-corrected chi connectivity index (χ3v) is 4.01. The van der Waals surface area contributed by atoms with Crippen molar-refractivity contribution in [1.82, 2.24) is 10.1 Å². The second-order valence-electron chi connectivity index (χ2n) is 4.58. The zero-order valence-corrected chi connectivity index (χ0v) is 11.8. The lowest BCUT2D eigenvalue weighted by Crippen LogP contribution is -2.30. The summed E-state index contributed by atoms with van der Waals surface area (Å²) in [5.41, 5.74) is 2.17. The summed E-state index contributed by atoms with van der Waals surface area (Å²) in [4.78, 5) is 11.4. The number of hydrogen-bond acceptors (Lipinski definition) is 4. The highest BCUT2D eigenvalue weighted by Crippen LogP contribution is 2.11. The van der Waals surface area contributed by atoms with Crippen molar-refractivity contribution in [3.05, 3.63) is 29.8 Å². The summed E-state index contributed by atoms with van der Waals surface area (Å²) in [5, 5.41) is 0. The first-order chi connectivity index (χ1) is 8.86. The van der Waals surface area contributed by atoms with Gasteiger partial charge in [0, 0.05) is 12.1 Å². The van der Waals surface area contributed by atoms with Crippen LogP contribution in [-0.2, 0) is 10.0 Å². The fourth-order valence-electron chi connectivity index (χ4n) is 1.45. The van der Waals surface area contributed by atoms with Gasteiger partial charge in [0.1, 0.15) is 0 Å². The molecule has 4 N–H and O–H groups in total. The van der Waals surface area contributed by atoms with Gasteiger partial charge in [0.2, 0.25) is 10.0 Å². The van der Waals surface area contributed by atoms with Crippen LogP contribution in [0.15, 0.2) is 29.2 Å². The van der Waals surface area contributed by atoms with E-state index in [0.717, 1.165) is 6.42 Å². The molecule has 0 aromatic heterocycles. The van der Waals surface area contributed by atoms with Crippen molar-refractivity contribution >= 4 is 15.9 Å². The molecule has 19 heavy (non-hydrogen) atoms. The molecule has 1 rings (SSSR count). The number of nitrogens with two attached hydrogens (primary N) is 1. The molecule has 0 aliphatic rings. The van der Waals surface area contributed by atoms with E-state index in [-0.39, 0.29) is 10.5 Å². The third kappa shape index (κ3) is 4.62. The predicted octanol–water partition coefficient (Wildman–Crippen LogP) is 0.615. The summed E-state index contributed by atoms with van der Waals surface area (Å²) >= 11 is 0. The van der Waals surface area contributed by atoms with Crippen LogP contribution in [0.25, 0.3) is 0 Å². The van der Waals surface area contributed by atoms with E-state index in [4.69, 9.17) is 5.84 Å². The first-order valence-corrected chi connectivity index (χ1v) is 7.46. The van der Waals surface area contributed by atoms with Crippen LogP contribution in [-0.4, -0.2) is 20.9 Å². The van der Waals surface area contributed by atoms with E-state index < -0.39 is 15.9 Å². The Bertz CT molecular complexity index is 541.